The smallest absolute Gasteiger partial charge is 0.0345 e. The minimum Gasteiger partial charge on any atom is -0.140 e. The fraction of sp³-hybridized carbons (Fsp3) is 0.111. The van der Waals surface area contributed by atoms with E-state index in [0.29, 0.717) is 0 Å². The summed E-state index contributed by atoms with van der Waals surface area (Å²) in [6.45, 7) is 2.21. The lowest BCUT2D eigenvalue weighted by Gasteiger charge is -2.06. The molecule has 3 aromatic rings. The van der Waals surface area contributed by atoms with Gasteiger partial charge in [-0.25, -0.2) is 0 Å². The molecule has 0 radical (unpaired) electrons. The Morgan fingerprint density at radius 2 is 1.70 bits per heavy atom. The molecule has 2 aromatic carbocycles. The molecule has 1 heterocycles. The number of hydrogen-bond donors (Lipinski definition) is 0. The van der Waals surface area contributed by atoms with Crippen molar-refractivity contribution in [3.05, 3.63) is 80.2 Å². The third kappa shape index (κ3) is 2.96. The van der Waals surface area contributed by atoms with E-state index in [0.717, 1.165) is 6.42 Å². The van der Waals surface area contributed by atoms with Crippen LogP contribution < -0.4 is 0 Å². The first-order valence-electron chi connectivity index (χ1n) is 6.62. The first-order chi connectivity index (χ1) is 9.74. The largest absolute Gasteiger partial charge is 0.140 e. The normalized spacial score (nSPS) is 10.7. The molecule has 1 aromatic heterocycles. The zero-order valence-corrected chi connectivity index (χ0v) is 14.2. The molecule has 0 unspecified atom stereocenters. The minimum atomic E-state index is 1.03. The first kappa shape index (κ1) is 13.8. The van der Waals surface area contributed by atoms with Gasteiger partial charge in [0.25, 0.3) is 0 Å². The lowest BCUT2D eigenvalue weighted by atomic mass is 10.1. The van der Waals surface area contributed by atoms with Crippen LogP contribution in [0.4, 0.5) is 0 Å². The van der Waals surface area contributed by atoms with Crippen LogP contribution in [0.5, 0.6) is 0 Å². The summed E-state index contributed by atoms with van der Waals surface area (Å²) in [6.07, 6.45) is 1.03. The van der Waals surface area contributed by atoms with Crippen molar-refractivity contribution >= 4 is 33.9 Å². The van der Waals surface area contributed by atoms with E-state index in [1.165, 1.54) is 30.0 Å². The van der Waals surface area contributed by atoms with Crippen LogP contribution in [0.1, 0.15) is 16.0 Å². The zero-order chi connectivity index (χ0) is 13.9. The van der Waals surface area contributed by atoms with E-state index in [9.17, 15) is 0 Å². The summed E-state index contributed by atoms with van der Waals surface area (Å²) in [5, 5.41) is 0. The number of thiophene rings is 1. The maximum atomic E-state index is 2.41. The number of hydrogen-bond acceptors (Lipinski definition) is 1. The molecular formula is C18H15IS. The van der Waals surface area contributed by atoms with Crippen LogP contribution in [0.3, 0.4) is 0 Å². The molecule has 0 aliphatic heterocycles. The van der Waals surface area contributed by atoms with E-state index in [-0.39, 0.29) is 0 Å². The lowest BCUT2D eigenvalue weighted by molar-refractivity contribution is 1.18. The predicted octanol–water partition coefficient (Wildman–Crippen LogP) is 5.92. The lowest BCUT2D eigenvalue weighted by Crippen LogP contribution is -1.91. The second-order valence-electron chi connectivity index (χ2n) is 4.83. The van der Waals surface area contributed by atoms with Crippen LogP contribution in [0.2, 0.25) is 0 Å². The fourth-order valence-electron chi connectivity index (χ4n) is 2.26. The van der Waals surface area contributed by atoms with Crippen molar-refractivity contribution in [2.45, 2.75) is 13.3 Å². The van der Waals surface area contributed by atoms with Crippen LogP contribution in [0, 0.1) is 10.5 Å². The summed E-state index contributed by atoms with van der Waals surface area (Å²) in [5.74, 6) is 0. The molecule has 0 saturated heterocycles. The Hall–Kier alpha value is -1.13. The van der Waals surface area contributed by atoms with Crippen LogP contribution in [-0.2, 0) is 6.42 Å². The average Bonchev–Trinajstić information content (AvgIpc) is 2.93. The van der Waals surface area contributed by atoms with Gasteiger partial charge >= 0.3 is 0 Å². The second kappa shape index (κ2) is 6.10. The van der Waals surface area contributed by atoms with Crippen molar-refractivity contribution in [3.8, 4) is 10.4 Å². The van der Waals surface area contributed by atoms with E-state index in [1.807, 2.05) is 11.3 Å². The zero-order valence-electron chi connectivity index (χ0n) is 11.3. The van der Waals surface area contributed by atoms with Gasteiger partial charge in [-0.05, 0) is 64.4 Å². The Morgan fingerprint density at radius 1 is 0.900 bits per heavy atom. The van der Waals surface area contributed by atoms with Gasteiger partial charge in [0.15, 0.2) is 0 Å². The van der Waals surface area contributed by atoms with Gasteiger partial charge in [-0.15, -0.1) is 11.3 Å². The Morgan fingerprint density at radius 3 is 2.50 bits per heavy atom. The molecule has 0 aliphatic rings. The van der Waals surface area contributed by atoms with Crippen molar-refractivity contribution < 1.29 is 0 Å². The molecule has 0 nitrogen and oxygen atoms in total. The third-order valence-corrected chi connectivity index (χ3v) is 5.77. The van der Waals surface area contributed by atoms with E-state index in [2.05, 4.69) is 90.2 Å². The number of rotatable bonds is 3. The van der Waals surface area contributed by atoms with Gasteiger partial charge in [-0.3, -0.25) is 0 Å². The highest BCUT2D eigenvalue weighted by atomic mass is 127. The van der Waals surface area contributed by atoms with Crippen LogP contribution in [-0.4, -0.2) is 0 Å². The molecule has 0 amide bonds. The predicted molar refractivity (Wildman–Crippen MR) is 96.5 cm³/mol. The summed E-state index contributed by atoms with van der Waals surface area (Å²) < 4.78 is 1.35. The van der Waals surface area contributed by atoms with Gasteiger partial charge in [0.05, 0.1) is 0 Å². The summed E-state index contributed by atoms with van der Waals surface area (Å²) in [5.41, 5.74) is 4.14. The molecule has 100 valence electrons. The molecule has 3 rings (SSSR count). The Bertz CT molecular complexity index is 713. The molecule has 0 saturated carbocycles. The quantitative estimate of drug-likeness (QED) is 0.487. The molecule has 0 N–H and O–H groups in total. The number of halogens is 1. The van der Waals surface area contributed by atoms with E-state index in [4.69, 9.17) is 0 Å². The molecule has 20 heavy (non-hydrogen) atoms. The molecular weight excluding hydrogens is 375 g/mol. The van der Waals surface area contributed by atoms with Gasteiger partial charge < -0.3 is 0 Å². The van der Waals surface area contributed by atoms with Gasteiger partial charge in [-0.1, -0.05) is 42.5 Å². The summed E-state index contributed by atoms with van der Waals surface area (Å²) in [6, 6.07) is 21.6. The van der Waals surface area contributed by atoms with Crippen LogP contribution in [0.25, 0.3) is 10.4 Å². The third-order valence-electron chi connectivity index (χ3n) is 3.46. The average molecular weight is 390 g/mol. The first-order valence-corrected chi connectivity index (χ1v) is 8.51. The van der Waals surface area contributed by atoms with Gasteiger partial charge in [0, 0.05) is 19.7 Å². The molecule has 2 heteroatoms. The minimum absolute atomic E-state index is 1.03. The van der Waals surface area contributed by atoms with Crippen molar-refractivity contribution in [2.75, 3.05) is 0 Å². The Balaban J connectivity index is 1.86. The fourth-order valence-corrected chi connectivity index (χ4v) is 3.85. The van der Waals surface area contributed by atoms with E-state index < -0.39 is 0 Å². The molecule has 0 aliphatic carbocycles. The van der Waals surface area contributed by atoms with Crippen LogP contribution in [0.15, 0.2) is 60.7 Å². The summed E-state index contributed by atoms with van der Waals surface area (Å²) >= 11 is 4.30. The highest BCUT2D eigenvalue weighted by Gasteiger charge is 2.06. The molecule has 0 bridgehead atoms. The Labute approximate surface area is 137 Å². The van der Waals surface area contributed by atoms with Crippen molar-refractivity contribution in [1.29, 1.82) is 0 Å². The maximum absolute atomic E-state index is 2.41. The van der Waals surface area contributed by atoms with Crippen LogP contribution >= 0.6 is 33.9 Å². The van der Waals surface area contributed by atoms with Gasteiger partial charge in [0.2, 0.25) is 0 Å². The molecule has 0 fully saturated rings. The van der Waals surface area contributed by atoms with Crippen molar-refractivity contribution in [2.24, 2.45) is 0 Å². The van der Waals surface area contributed by atoms with Crippen molar-refractivity contribution in [1.82, 2.24) is 0 Å². The monoisotopic (exact) mass is 390 g/mol. The topological polar surface area (TPSA) is 0 Å². The van der Waals surface area contributed by atoms with Gasteiger partial charge in [-0.2, -0.15) is 0 Å². The second-order valence-corrected chi connectivity index (χ2v) is 7.16. The van der Waals surface area contributed by atoms with Crippen molar-refractivity contribution in [3.63, 3.8) is 0 Å². The van der Waals surface area contributed by atoms with E-state index in [1.54, 1.807) is 0 Å². The molecule has 0 spiro atoms. The highest BCUT2D eigenvalue weighted by molar-refractivity contribution is 14.1. The summed E-state index contributed by atoms with van der Waals surface area (Å²) in [4.78, 5) is 2.78. The molecule has 0 atom stereocenters. The Kier molecular flexibility index (Phi) is 4.22. The number of benzene rings is 2. The maximum Gasteiger partial charge on any atom is 0.0345 e. The SMILES string of the molecule is Cc1c(I)cccc1Cc1ccc(-c2ccccc2)s1. The van der Waals surface area contributed by atoms with Gasteiger partial charge in [0.1, 0.15) is 0 Å². The highest BCUT2D eigenvalue weighted by Crippen LogP contribution is 2.30. The standard InChI is InChI=1S/C18H15IS/c1-13-15(8-5-9-17(13)19)12-16-10-11-18(20-16)14-6-3-2-4-7-14/h2-11H,12H2,1H3. The van der Waals surface area contributed by atoms with E-state index >= 15 is 0 Å². The summed E-state index contributed by atoms with van der Waals surface area (Å²) in [7, 11) is 0.